The van der Waals surface area contributed by atoms with E-state index in [9.17, 15) is 13.2 Å². The molecule has 0 aromatic heterocycles. The third-order valence-corrected chi connectivity index (χ3v) is 6.06. The molecular formula is C21H18ClNO5S. The molecule has 0 unspecified atom stereocenters. The lowest BCUT2D eigenvalue weighted by molar-refractivity contribution is -0.136. The molecule has 150 valence electrons. The average molecular weight is 432 g/mol. The van der Waals surface area contributed by atoms with Gasteiger partial charge >= 0.3 is 5.97 Å². The number of sulfonamides is 1. The van der Waals surface area contributed by atoms with Crippen LogP contribution < -0.4 is 13.8 Å². The zero-order valence-electron chi connectivity index (χ0n) is 15.5. The summed E-state index contributed by atoms with van der Waals surface area (Å²) in [4.78, 5) is 12.0. The third kappa shape index (κ3) is 5.28. The van der Waals surface area contributed by atoms with E-state index in [1.54, 1.807) is 36.4 Å². The predicted molar refractivity (Wildman–Crippen MR) is 111 cm³/mol. The standard InChI is InChI=1S/C21H18ClNO5S/c1-23(29(25,26)20-13-7-16(22)8-14-20)17-9-11-19(12-10-17)28-21(24)15-27-18-5-3-2-4-6-18/h2-14H,15H2,1H3. The van der Waals surface area contributed by atoms with Gasteiger partial charge in [-0.2, -0.15) is 0 Å². The second-order valence-electron chi connectivity index (χ2n) is 6.00. The maximum absolute atomic E-state index is 12.7. The largest absolute Gasteiger partial charge is 0.482 e. The van der Waals surface area contributed by atoms with Gasteiger partial charge in [-0.3, -0.25) is 4.31 Å². The van der Waals surface area contributed by atoms with Crippen molar-refractivity contribution in [2.75, 3.05) is 18.0 Å². The van der Waals surface area contributed by atoms with Crippen molar-refractivity contribution in [3.8, 4) is 11.5 Å². The Morgan fingerprint density at radius 2 is 1.52 bits per heavy atom. The maximum atomic E-state index is 12.7. The van der Waals surface area contributed by atoms with Gasteiger partial charge in [-0.1, -0.05) is 29.8 Å². The number of anilines is 1. The molecular weight excluding hydrogens is 414 g/mol. The van der Waals surface area contributed by atoms with Crippen molar-refractivity contribution in [3.63, 3.8) is 0 Å². The van der Waals surface area contributed by atoms with Crippen LogP contribution in [0.25, 0.3) is 0 Å². The van der Waals surface area contributed by atoms with E-state index in [4.69, 9.17) is 21.1 Å². The van der Waals surface area contributed by atoms with Crippen LogP contribution in [0.15, 0.2) is 83.8 Å². The highest BCUT2D eigenvalue weighted by Crippen LogP contribution is 2.25. The normalized spacial score (nSPS) is 11.0. The van der Waals surface area contributed by atoms with Crippen LogP contribution in [0.2, 0.25) is 5.02 Å². The first-order valence-corrected chi connectivity index (χ1v) is 10.4. The van der Waals surface area contributed by atoms with Gasteiger partial charge in [0.15, 0.2) is 6.61 Å². The van der Waals surface area contributed by atoms with Crippen LogP contribution in [0.4, 0.5) is 5.69 Å². The first-order chi connectivity index (χ1) is 13.9. The van der Waals surface area contributed by atoms with E-state index < -0.39 is 16.0 Å². The fraction of sp³-hybridized carbons (Fsp3) is 0.0952. The van der Waals surface area contributed by atoms with Gasteiger partial charge in [0.2, 0.25) is 0 Å². The molecule has 0 amide bonds. The van der Waals surface area contributed by atoms with E-state index in [0.717, 1.165) is 4.31 Å². The first kappa shape index (κ1) is 20.7. The van der Waals surface area contributed by atoms with Crippen LogP contribution in [0.3, 0.4) is 0 Å². The van der Waals surface area contributed by atoms with Crippen molar-refractivity contribution in [2.45, 2.75) is 4.90 Å². The van der Waals surface area contributed by atoms with Gasteiger partial charge in [-0.05, 0) is 60.7 Å². The van der Waals surface area contributed by atoms with E-state index in [1.807, 2.05) is 6.07 Å². The fourth-order valence-electron chi connectivity index (χ4n) is 2.45. The summed E-state index contributed by atoms with van der Waals surface area (Å²) in [6.07, 6.45) is 0. The molecule has 0 radical (unpaired) electrons. The van der Waals surface area contributed by atoms with Crippen molar-refractivity contribution < 1.29 is 22.7 Å². The second kappa shape index (κ2) is 8.98. The summed E-state index contributed by atoms with van der Waals surface area (Å²) in [7, 11) is -2.29. The summed E-state index contributed by atoms with van der Waals surface area (Å²) in [5, 5.41) is 0.453. The third-order valence-electron chi connectivity index (χ3n) is 4.00. The zero-order valence-corrected chi connectivity index (χ0v) is 17.1. The van der Waals surface area contributed by atoms with Crippen LogP contribution in [0.1, 0.15) is 0 Å². The molecule has 0 aliphatic heterocycles. The topological polar surface area (TPSA) is 72.9 Å². The number of carbonyl (C=O) groups is 1. The lowest BCUT2D eigenvalue weighted by atomic mass is 10.3. The number of rotatable bonds is 7. The lowest BCUT2D eigenvalue weighted by Gasteiger charge is -2.19. The Balaban J connectivity index is 1.63. The Bertz CT molecular complexity index is 1070. The molecule has 0 aliphatic rings. The minimum absolute atomic E-state index is 0.123. The molecule has 3 aromatic carbocycles. The van der Waals surface area contributed by atoms with Crippen molar-refractivity contribution in [3.05, 3.63) is 83.9 Å². The van der Waals surface area contributed by atoms with Crippen LogP contribution >= 0.6 is 11.6 Å². The van der Waals surface area contributed by atoms with E-state index in [0.29, 0.717) is 16.5 Å². The number of benzene rings is 3. The van der Waals surface area contributed by atoms with Gasteiger partial charge in [0, 0.05) is 12.1 Å². The molecule has 3 rings (SSSR count). The summed E-state index contributed by atoms with van der Waals surface area (Å²) < 4.78 is 37.1. The number of nitrogens with zero attached hydrogens (tertiary/aromatic N) is 1. The van der Waals surface area contributed by atoms with E-state index >= 15 is 0 Å². The smallest absolute Gasteiger partial charge is 0.349 e. The molecule has 6 nitrogen and oxygen atoms in total. The van der Waals surface area contributed by atoms with Crippen LogP contribution in [-0.4, -0.2) is 28.0 Å². The number of hydrogen-bond acceptors (Lipinski definition) is 5. The molecule has 3 aromatic rings. The quantitative estimate of drug-likeness (QED) is 0.415. The number of carbonyl (C=O) groups excluding carboxylic acids is 1. The molecule has 0 fully saturated rings. The molecule has 0 heterocycles. The van der Waals surface area contributed by atoms with Gasteiger partial charge in [0.05, 0.1) is 10.6 Å². The minimum Gasteiger partial charge on any atom is -0.482 e. The molecule has 0 saturated carbocycles. The molecule has 8 heteroatoms. The van der Waals surface area contributed by atoms with Crippen LogP contribution in [0, 0.1) is 0 Å². The van der Waals surface area contributed by atoms with Gasteiger partial charge in [0.25, 0.3) is 10.0 Å². The Kier molecular flexibility index (Phi) is 6.41. The summed E-state index contributed by atoms with van der Waals surface area (Å²) in [5.41, 5.74) is 0.417. The number of hydrogen-bond donors (Lipinski definition) is 0. The van der Waals surface area contributed by atoms with Gasteiger partial charge in [-0.25, -0.2) is 13.2 Å². The average Bonchev–Trinajstić information content (AvgIpc) is 2.73. The van der Waals surface area contributed by atoms with E-state index in [1.165, 1.54) is 43.4 Å². The Labute approximate surface area is 174 Å². The summed E-state index contributed by atoms with van der Waals surface area (Å²) >= 11 is 5.82. The zero-order chi connectivity index (χ0) is 20.9. The lowest BCUT2D eigenvalue weighted by Crippen LogP contribution is -2.26. The Morgan fingerprint density at radius 1 is 0.897 bits per heavy atom. The summed E-state index contributed by atoms with van der Waals surface area (Å²) in [5.74, 6) is 0.283. The van der Waals surface area contributed by atoms with Gasteiger partial charge < -0.3 is 9.47 Å². The summed E-state index contributed by atoms with van der Waals surface area (Å²) in [6.45, 7) is -0.239. The number of halogens is 1. The molecule has 0 spiro atoms. The molecule has 0 atom stereocenters. The van der Waals surface area contributed by atoms with E-state index in [2.05, 4.69) is 0 Å². The highest BCUT2D eigenvalue weighted by molar-refractivity contribution is 7.92. The maximum Gasteiger partial charge on any atom is 0.349 e. The molecule has 0 bridgehead atoms. The molecule has 29 heavy (non-hydrogen) atoms. The number of para-hydroxylation sites is 1. The van der Waals surface area contributed by atoms with Crippen LogP contribution in [0.5, 0.6) is 11.5 Å². The SMILES string of the molecule is CN(c1ccc(OC(=O)COc2ccccc2)cc1)S(=O)(=O)c1ccc(Cl)cc1. The Hall–Kier alpha value is -3.03. The van der Waals surface area contributed by atoms with Crippen molar-refractivity contribution >= 4 is 33.3 Å². The van der Waals surface area contributed by atoms with Crippen LogP contribution in [-0.2, 0) is 14.8 Å². The first-order valence-electron chi connectivity index (χ1n) is 8.59. The van der Waals surface area contributed by atoms with Crippen molar-refractivity contribution in [1.82, 2.24) is 0 Å². The minimum atomic E-state index is -3.74. The Morgan fingerprint density at radius 3 is 2.14 bits per heavy atom. The predicted octanol–water partition coefficient (Wildman–Crippen LogP) is 4.15. The van der Waals surface area contributed by atoms with Gasteiger partial charge in [-0.15, -0.1) is 0 Å². The van der Waals surface area contributed by atoms with Crippen molar-refractivity contribution in [2.24, 2.45) is 0 Å². The highest BCUT2D eigenvalue weighted by atomic mass is 35.5. The number of esters is 1. The van der Waals surface area contributed by atoms with E-state index in [-0.39, 0.29) is 17.3 Å². The van der Waals surface area contributed by atoms with Gasteiger partial charge in [0.1, 0.15) is 11.5 Å². The van der Waals surface area contributed by atoms with Crippen molar-refractivity contribution in [1.29, 1.82) is 0 Å². The molecule has 0 aliphatic carbocycles. The molecule has 0 saturated heterocycles. The second-order valence-corrected chi connectivity index (χ2v) is 8.40. The molecule has 0 N–H and O–H groups in total. The number of ether oxygens (including phenoxy) is 2. The monoisotopic (exact) mass is 431 g/mol. The summed E-state index contributed by atoms with van der Waals surface area (Å²) in [6, 6.07) is 21.0. The highest BCUT2D eigenvalue weighted by Gasteiger charge is 2.21. The fourth-order valence-corrected chi connectivity index (χ4v) is 3.77.